The summed E-state index contributed by atoms with van der Waals surface area (Å²) in [6.07, 6.45) is 5.51. The Morgan fingerprint density at radius 1 is 1.16 bits per heavy atom. The number of carboxylic acid groups (broad SMARTS) is 1. The number of fused-ring (bicyclic) bond motifs is 1. The molecule has 0 aromatic carbocycles. The number of amides is 2. The van der Waals surface area contributed by atoms with Gasteiger partial charge in [-0.1, -0.05) is 19.9 Å². The molecular weight excluding hydrogens is 470 g/mol. The van der Waals surface area contributed by atoms with Crippen LogP contribution in [0.3, 0.4) is 0 Å². The molecule has 0 bridgehead atoms. The van der Waals surface area contributed by atoms with E-state index < -0.39 is 12.0 Å². The van der Waals surface area contributed by atoms with Crippen molar-refractivity contribution in [2.75, 3.05) is 51.3 Å². The maximum atomic E-state index is 12.8. The van der Waals surface area contributed by atoms with E-state index in [0.29, 0.717) is 38.6 Å². The highest BCUT2D eigenvalue weighted by Gasteiger charge is 2.25. The van der Waals surface area contributed by atoms with Gasteiger partial charge in [0.2, 0.25) is 0 Å². The van der Waals surface area contributed by atoms with Crippen molar-refractivity contribution >= 4 is 17.8 Å². The Kier molecular flexibility index (Phi) is 13.7. The lowest BCUT2D eigenvalue weighted by molar-refractivity contribution is -0.139. The maximum Gasteiger partial charge on any atom is 0.326 e. The highest BCUT2D eigenvalue weighted by atomic mass is 16.5. The maximum absolute atomic E-state index is 12.8. The summed E-state index contributed by atoms with van der Waals surface area (Å²) in [7, 11) is 0. The van der Waals surface area contributed by atoms with Crippen molar-refractivity contribution in [3.63, 3.8) is 0 Å². The van der Waals surface area contributed by atoms with Gasteiger partial charge >= 0.3 is 12.0 Å². The first-order valence-electron chi connectivity index (χ1n) is 14.0. The average molecular weight is 520 g/mol. The first-order chi connectivity index (χ1) is 17.7. The number of rotatable bonds is 17. The Hall–Kier alpha value is -2.39. The molecule has 9 heteroatoms. The number of hydrogen-bond donors (Lipinski definition) is 3. The number of hydrogen-bond acceptors (Lipinski definition) is 6. The smallest absolute Gasteiger partial charge is 0.326 e. The minimum atomic E-state index is -1.00. The second-order valence-electron chi connectivity index (χ2n) is 10.6. The van der Waals surface area contributed by atoms with Crippen LogP contribution in [0, 0.1) is 5.92 Å². The summed E-state index contributed by atoms with van der Waals surface area (Å²) in [4.78, 5) is 33.5. The summed E-state index contributed by atoms with van der Waals surface area (Å²) in [5.41, 5.74) is 2.41. The van der Waals surface area contributed by atoms with E-state index in [1.165, 1.54) is 5.56 Å². The molecule has 2 rings (SSSR count). The minimum Gasteiger partial charge on any atom is -0.480 e. The second kappa shape index (κ2) is 16.5. The zero-order chi connectivity index (χ0) is 27.2. The van der Waals surface area contributed by atoms with Crippen LogP contribution in [-0.4, -0.2) is 89.9 Å². The predicted octanol–water partition coefficient (Wildman–Crippen LogP) is 4.02. The fourth-order valence-corrected chi connectivity index (χ4v) is 4.55. The van der Waals surface area contributed by atoms with Gasteiger partial charge in [0.1, 0.15) is 11.9 Å². The summed E-state index contributed by atoms with van der Waals surface area (Å²) >= 11 is 0. The lowest BCUT2D eigenvalue weighted by Gasteiger charge is -2.30. The number of nitrogens with one attached hydrogen (secondary N) is 2. The Bertz CT molecular complexity index is 833. The summed E-state index contributed by atoms with van der Waals surface area (Å²) in [6, 6.07) is 3.09. The molecule has 0 radical (unpaired) electrons. The van der Waals surface area contributed by atoms with Crippen LogP contribution in [-0.2, 0) is 22.4 Å². The molecule has 37 heavy (non-hydrogen) atoms. The molecule has 2 heterocycles. The van der Waals surface area contributed by atoms with E-state index in [4.69, 9.17) is 9.72 Å². The van der Waals surface area contributed by atoms with Gasteiger partial charge < -0.3 is 30.3 Å². The molecule has 0 saturated carbocycles. The van der Waals surface area contributed by atoms with Crippen LogP contribution in [0.2, 0.25) is 0 Å². The van der Waals surface area contributed by atoms with E-state index in [2.05, 4.69) is 27.7 Å². The van der Waals surface area contributed by atoms with Crippen molar-refractivity contribution in [1.29, 1.82) is 0 Å². The van der Waals surface area contributed by atoms with Gasteiger partial charge in [0, 0.05) is 44.5 Å². The van der Waals surface area contributed by atoms with E-state index in [1.54, 1.807) is 4.90 Å². The Balaban J connectivity index is 1.87. The second-order valence-corrected chi connectivity index (χ2v) is 10.6. The number of urea groups is 1. The topological polar surface area (TPSA) is 107 Å². The number of anilines is 1. The number of aryl methyl sites for hydroxylation is 2. The molecule has 3 N–H and O–H groups in total. The third-order valence-corrected chi connectivity index (χ3v) is 6.64. The van der Waals surface area contributed by atoms with E-state index in [9.17, 15) is 14.7 Å². The number of aliphatic carboxylic acids is 1. The molecule has 1 aliphatic heterocycles. The van der Waals surface area contributed by atoms with Crippen molar-refractivity contribution in [3.05, 3.63) is 23.4 Å². The van der Waals surface area contributed by atoms with Gasteiger partial charge in [-0.2, -0.15) is 0 Å². The fraction of sp³-hybridized carbons (Fsp3) is 0.750. The monoisotopic (exact) mass is 519 g/mol. The Morgan fingerprint density at radius 2 is 1.95 bits per heavy atom. The summed E-state index contributed by atoms with van der Waals surface area (Å²) < 4.78 is 5.55. The van der Waals surface area contributed by atoms with Gasteiger partial charge in [0.05, 0.1) is 6.61 Å². The van der Waals surface area contributed by atoms with Crippen molar-refractivity contribution in [1.82, 2.24) is 20.1 Å². The Morgan fingerprint density at radius 3 is 2.62 bits per heavy atom. The third kappa shape index (κ3) is 11.3. The van der Waals surface area contributed by atoms with Gasteiger partial charge in [0.15, 0.2) is 0 Å². The fourth-order valence-electron chi connectivity index (χ4n) is 4.55. The van der Waals surface area contributed by atoms with Gasteiger partial charge in [-0.05, 0) is 83.4 Å². The van der Waals surface area contributed by atoms with Crippen LogP contribution >= 0.6 is 0 Å². The number of ether oxygens (including phenoxy) is 1. The highest BCUT2D eigenvalue weighted by molar-refractivity contribution is 5.82. The summed E-state index contributed by atoms with van der Waals surface area (Å²) in [6.45, 7) is 15.0. The zero-order valence-corrected chi connectivity index (χ0v) is 23.6. The van der Waals surface area contributed by atoms with Gasteiger partial charge in [-0.15, -0.1) is 0 Å². The molecule has 1 aliphatic rings. The average Bonchev–Trinajstić information content (AvgIpc) is 2.86. The van der Waals surface area contributed by atoms with E-state index in [-0.39, 0.29) is 12.1 Å². The van der Waals surface area contributed by atoms with Gasteiger partial charge in [0.25, 0.3) is 0 Å². The van der Waals surface area contributed by atoms with Crippen molar-refractivity contribution < 1.29 is 19.4 Å². The molecule has 0 aliphatic carbocycles. The standard InChI is InChI=1S/C28H49N5O4/c1-6-37-19-18-32(16-8-7-11-24-13-12-23-10-9-15-29-26(23)30-24)17-14-25(27(34)35)31-28(36)33(22(4)5)20-21(2)3/h12-13,21-22,25H,6-11,14-20H2,1-5H3,(H,29,30)(H,31,36)(H,34,35)/t25-/m0/s1. The predicted molar refractivity (Wildman–Crippen MR) is 148 cm³/mol. The van der Waals surface area contributed by atoms with Crippen LogP contribution in [0.1, 0.15) is 71.6 Å². The van der Waals surface area contributed by atoms with E-state index in [1.807, 2.05) is 34.6 Å². The number of pyridine rings is 1. The zero-order valence-electron chi connectivity index (χ0n) is 23.6. The summed E-state index contributed by atoms with van der Waals surface area (Å²) in [5, 5.41) is 15.9. The first-order valence-corrected chi connectivity index (χ1v) is 14.0. The Labute approximate surface area is 223 Å². The molecule has 0 saturated heterocycles. The summed E-state index contributed by atoms with van der Waals surface area (Å²) in [5.74, 6) is 0.338. The van der Waals surface area contributed by atoms with E-state index >= 15 is 0 Å². The number of nitrogens with zero attached hydrogens (tertiary/aromatic N) is 3. The molecule has 2 amide bonds. The van der Waals surface area contributed by atoms with Crippen LogP contribution in [0.5, 0.6) is 0 Å². The molecule has 0 spiro atoms. The third-order valence-electron chi connectivity index (χ3n) is 6.64. The number of carboxylic acids is 1. The normalized spacial score (nSPS) is 13.9. The van der Waals surface area contributed by atoms with Gasteiger partial charge in [-0.3, -0.25) is 0 Å². The first kappa shape index (κ1) is 30.8. The molecule has 0 fully saturated rings. The molecular formula is C28H49N5O4. The minimum absolute atomic E-state index is 0.0000708. The van der Waals surface area contributed by atoms with Gasteiger partial charge in [-0.25, -0.2) is 14.6 Å². The number of unbranched alkanes of at least 4 members (excludes halogenated alkanes) is 1. The van der Waals surface area contributed by atoms with Crippen LogP contribution < -0.4 is 10.6 Å². The number of carbonyl (C=O) groups excluding carboxylic acids is 1. The number of carbonyl (C=O) groups is 2. The lowest BCUT2D eigenvalue weighted by atomic mass is 10.1. The molecule has 1 aromatic rings. The van der Waals surface area contributed by atoms with E-state index in [0.717, 1.165) is 63.3 Å². The molecule has 9 nitrogen and oxygen atoms in total. The lowest BCUT2D eigenvalue weighted by Crippen LogP contribution is -2.52. The molecule has 210 valence electrons. The highest BCUT2D eigenvalue weighted by Crippen LogP contribution is 2.20. The van der Waals surface area contributed by atoms with Crippen molar-refractivity contribution in [2.24, 2.45) is 5.92 Å². The van der Waals surface area contributed by atoms with Crippen molar-refractivity contribution in [3.8, 4) is 0 Å². The van der Waals surface area contributed by atoms with Crippen molar-refractivity contribution in [2.45, 2.75) is 85.2 Å². The largest absolute Gasteiger partial charge is 0.480 e. The molecule has 1 aromatic heterocycles. The van der Waals surface area contributed by atoms with Crippen LogP contribution in [0.15, 0.2) is 12.1 Å². The van der Waals surface area contributed by atoms with Crippen LogP contribution in [0.25, 0.3) is 0 Å². The molecule has 0 unspecified atom stereocenters. The molecule has 1 atom stereocenters. The quantitative estimate of drug-likeness (QED) is 0.267. The number of aromatic nitrogens is 1. The SMILES string of the molecule is CCOCCN(CCCCc1ccc2c(n1)NCCC2)CC[C@H](NC(=O)N(CC(C)C)C(C)C)C(=O)O. The van der Waals surface area contributed by atoms with Crippen LogP contribution in [0.4, 0.5) is 10.6 Å².